The van der Waals surface area contributed by atoms with Crippen LogP contribution in [0, 0.1) is 0 Å². The lowest BCUT2D eigenvalue weighted by Crippen LogP contribution is -2.36. The number of anilines is 1. The summed E-state index contributed by atoms with van der Waals surface area (Å²) in [5.74, 6) is -0.0876. The molecule has 0 unspecified atom stereocenters. The monoisotopic (exact) mass is 326 g/mol. The molecule has 0 radical (unpaired) electrons. The van der Waals surface area contributed by atoms with Crippen molar-refractivity contribution in [2.45, 2.75) is 32.6 Å². The van der Waals surface area contributed by atoms with Gasteiger partial charge in [0.25, 0.3) is 0 Å². The SMILES string of the molecule is CCCCCN(CCC(=O)N(C)c1ccccc1)S(C)(=O)=O. The summed E-state index contributed by atoms with van der Waals surface area (Å²) in [4.78, 5) is 13.8. The van der Waals surface area contributed by atoms with E-state index in [9.17, 15) is 13.2 Å². The number of hydrogen-bond donors (Lipinski definition) is 0. The van der Waals surface area contributed by atoms with Crippen molar-refractivity contribution in [3.63, 3.8) is 0 Å². The van der Waals surface area contributed by atoms with Gasteiger partial charge in [0, 0.05) is 32.2 Å². The highest BCUT2D eigenvalue weighted by molar-refractivity contribution is 7.88. The first-order valence-corrected chi connectivity index (χ1v) is 9.47. The average Bonchev–Trinajstić information content (AvgIpc) is 2.49. The Morgan fingerprint density at radius 1 is 1.09 bits per heavy atom. The van der Waals surface area contributed by atoms with Crippen molar-refractivity contribution in [1.82, 2.24) is 4.31 Å². The van der Waals surface area contributed by atoms with E-state index in [2.05, 4.69) is 6.92 Å². The molecule has 0 saturated carbocycles. The number of para-hydroxylation sites is 1. The zero-order valence-electron chi connectivity index (χ0n) is 13.7. The number of benzene rings is 1. The molecule has 0 aliphatic rings. The second kappa shape index (κ2) is 8.90. The molecule has 0 aliphatic heterocycles. The molecule has 22 heavy (non-hydrogen) atoms. The Kier molecular flexibility index (Phi) is 7.55. The fraction of sp³-hybridized carbons (Fsp3) is 0.562. The molecule has 1 rings (SSSR count). The van der Waals surface area contributed by atoms with E-state index < -0.39 is 10.0 Å². The molecule has 124 valence electrons. The lowest BCUT2D eigenvalue weighted by atomic mass is 10.2. The summed E-state index contributed by atoms with van der Waals surface area (Å²) < 4.78 is 25.0. The summed E-state index contributed by atoms with van der Waals surface area (Å²) in [5, 5.41) is 0. The summed E-state index contributed by atoms with van der Waals surface area (Å²) in [6.07, 6.45) is 4.23. The van der Waals surface area contributed by atoms with Crippen molar-refractivity contribution in [1.29, 1.82) is 0 Å². The highest BCUT2D eigenvalue weighted by atomic mass is 32.2. The van der Waals surface area contributed by atoms with Gasteiger partial charge >= 0.3 is 0 Å². The van der Waals surface area contributed by atoms with Crippen molar-refractivity contribution < 1.29 is 13.2 Å². The van der Waals surface area contributed by atoms with Crippen LogP contribution in [0.5, 0.6) is 0 Å². The van der Waals surface area contributed by atoms with Crippen molar-refractivity contribution in [3.8, 4) is 0 Å². The van der Waals surface area contributed by atoms with Crippen LogP contribution in [-0.4, -0.2) is 45.0 Å². The predicted molar refractivity (Wildman–Crippen MR) is 90.4 cm³/mol. The molecular formula is C16H26N2O3S. The van der Waals surface area contributed by atoms with Crippen molar-refractivity contribution >= 4 is 21.6 Å². The number of rotatable bonds is 9. The quantitative estimate of drug-likeness (QED) is 0.655. The minimum Gasteiger partial charge on any atom is -0.315 e. The van der Waals surface area contributed by atoms with Crippen LogP contribution in [0.4, 0.5) is 5.69 Å². The summed E-state index contributed by atoms with van der Waals surface area (Å²) in [7, 11) is -1.56. The lowest BCUT2D eigenvalue weighted by Gasteiger charge is -2.22. The first-order chi connectivity index (χ1) is 10.4. The summed E-state index contributed by atoms with van der Waals surface area (Å²) in [5.41, 5.74) is 0.810. The van der Waals surface area contributed by atoms with E-state index >= 15 is 0 Å². The van der Waals surface area contributed by atoms with Gasteiger partial charge in [-0.05, 0) is 18.6 Å². The first-order valence-electron chi connectivity index (χ1n) is 7.63. The van der Waals surface area contributed by atoms with Crippen LogP contribution in [0.25, 0.3) is 0 Å². The Balaban J connectivity index is 2.58. The maximum atomic E-state index is 12.2. The van der Waals surface area contributed by atoms with Gasteiger partial charge in [-0.1, -0.05) is 38.0 Å². The van der Waals surface area contributed by atoms with Crippen LogP contribution in [0.15, 0.2) is 30.3 Å². The van der Waals surface area contributed by atoms with E-state index in [0.29, 0.717) is 6.54 Å². The third-order valence-corrected chi connectivity index (χ3v) is 4.88. The molecule has 1 aromatic carbocycles. The van der Waals surface area contributed by atoms with Gasteiger partial charge in [0.1, 0.15) is 0 Å². The van der Waals surface area contributed by atoms with Crippen LogP contribution >= 0.6 is 0 Å². The maximum absolute atomic E-state index is 12.2. The second-order valence-electron chi connectivity index (χ2n) is 5.41. The molecule has 0 aromatic heterocycles. The zero-order valence-corrected chi connectivity index (χ0v) is 14.5. The first kappa shape index (κ1) is 18.6. The standard InChI is InChI=1S/C16H26N2O3S/c1-4-5-9-13-18(22(3,20)21)14-12-16(19)17(2)15-10-7-6-8-11-15/h6-8,10-11H,4-5,9,12-14H2,1-3H3. The molecule has 0 fully saturated rings. The molecule has 0 aliphatic carbocycles. The van der Waals surface area contributed by atoms with Gasteiger partial charge < -0.3 is 4.90 Å². The van der Waals surface area contributed by atoms with Gasteiger partial charge in [-0.25, -0.2) is 12.7 Å². The van der Waals surface area contributed by atoms with Crippen molar-refractivity contribution in [2.24, 2.45) is 0 Å². The number of hydrogen-bond acceptors (Lipinski definition) is 3. The zero-order chi connectivity index (χ0) is 16.6. The number of unbranched alkanes of at least 4 members (excludes halogenated alkanes) is 2. The van der Waals surface area contributed by atoms with Crippen LogP contribution in [0.3, 0.4) is 0 Å². The van der Waals surface area contributed by atoms with Gasteiger partial charge in [-0.2, -0.15) is 0 Å². The topological polar surface area (TPSA) is 57.7 Å². The summed E-state index contributed by atoms with van der Waals surface area (Å²) in [6.45, 7) is 2.79. The number of carbonyl (C=O) groups excluding carboxylic acids is 1. The number of nitrogens with zero attached hydrogens (tertiary/aromatic N) is 2. The molecule has 1 amide bonds. The Bertz CT molecular complexity index is 558. The molecule has 0 saturated heterocycles. The summed E-state index contributed by atoms with van der Waals surface area (Å²) in [6, 6.07) is 9.33. The van der Waals surface area contributed by atoms with Gasteiger partial charge in [0.15, 0.2) is 0 Å². The highest BCUT2D eigenvalue weighted by Crippen LogP contribution is 2.13. The van der Waals surface area contributed by atoms with Crippen LogP contribution < -0.4 is 4.90 Å². The van der Waals surface area contributed by atoms with E-state index in [4.69, 9.17) is 0 Å². The van der Waals surface area contributed by atoms with Gasteiger partial charge in [-0.15, -0.1) is 0 Å². The number of carbonyl (C=O) groups is 1. The minimum absolute atomic E-state index is 0.0876. The Morgan fingerprint density at radius 3 is 2.27 bits per heavy atom. The second-order valence-corrected chi connectivity index (χ2v) is 7.39. The Labute approximate surface area is 134 Å². The molecule has 6 heteroatoms. The molecule has 1 aromatic rings. The van der Waals surface area contributed by atoms with E-state index in [0.717, 1.165) is 24.9 Å². The average molecular weight is 326 g/mol. The van der Waals surface area contributed by atoms with E-state index in [1.165, 1.54) is 10.6 Å². The van der Waals surface area contributed by atoms with Crippen LogP contribution in [-0.2, 0) is 14.8 Å². The van der Waals surface area contributed by atoms with E-state index in [-0.39, 0.29) is 18.9 Å². The normalized spacial score (nSPS) is 11.6. The van der Waals surface area contributed by atoms with Crippen molar-refractivity contribution in [2.75, 3.05) is 31.3 Å². The Morgan fingerprint density at radius 2 is 1.73 bits per heavy atom. The lowest BCUT2D eigenvalue weighted by molar-refractivity contribution is -0.118. The fourth-order valence-corrected chi connectivity index (χ4v) is 3.05. The summed E-state index contributed by atoms with van der Waals surface area (Å²) >= 11 is 0. The number of sulfonamides is 1. The molecule has 0 bridgehead atoms. The van der Waals surface area contributed by atoms with Crippen LogP contribution in [0.2, 0.25) is 0 Å². The predicted octanol–water partition coefficient (Wildman–Crippen LogP) is 2.49. The van der Waals surface area contributed by atoms with Gasteiger partial charge in [0.05, 0.1) is 6.26 Å². The molecule has 0 heterocycles. The molecule has 0 atom stereocenters. The highest BCUT2D eigenvalue weighted by Gasteiger charge is 2.19. The maximum Gasteiger partial charge on any atom is 0.228 e. The fourth-order valence-electron chi connectivity index (χ4n) is 2.17. The van der Waals surface area contributed by atoms with Crippen LogP contribution in [0.1, 0.15) is 32.6 Å². The number of amides is 1. The molecular weight excluding hydrogens is 300 g/mol. The molecule has 0 spiro atoms. The minimum atomic E-state index is -3.27. The van der Waals surface area contributed by atoms with E-state index in [1.54, 1.807) is 11.9 Å². The van der Waals surface area contributed by atoms with Crippen molar-refractivity contribution in [3.05, 3.63) is 30.3 Å². The third kappa shape index (κ3) is 6.15. The largest absolute Gasteiger partial charge is 0.315 e. The molecule has 0 N–H and O–H groups in total. The van der Waals surface area contributed by atoms with E-state index in [1.807, 2.05) is 30.3 Å². The van der Waals surface area contributed by atoms with Gasteiger partial charge in [-0.3, -0.25) is 4.79 Å². The van der Waals surface area contributed by atoms with Gasteiger partial charge in [0.2, 0.25) is 15.9 Å². The molecule has 5 nitrogen and oxygen atoms in total. The Hall–Kier alpha value is -1.40. The smallest absolute Gasteiger partial charge is 0.228 e. The third-order valence-electron chi connectivity index (χ3n) is 3.57.